The van der Waals surface area contributed by atoms with Crippen molar-refractivity contribution in [2.45, 2.75) is 101 Å². The molecule has 1 heterocycles. The van der Waals surface area contributed by atoms with E-state index >= 15 is 4.79 Å². The van der Waals surface area contributed by atoms with Crippen LogP contribution >= 0.6 is 0 Å². The smallest absolute Gasteiger partial charge is 0.338 e. The van der Waals surface area contributed by atoms with Crippen molar-refractivity contribution in [1.82, 2.24) is 5.32 Å². The second-order valence-electron chi connectivity index (χ2n) is 16.4. The summed E-state index contributed by atoms with van der Waals surface area (Å²) in [6.07, 6.45) is -11.3. The van der Waals surface area contributed by atoms with Gasteiger partial charge in [-0.2, -0.15) is 0 Å². The number of benzene rings is 3. The Morgan fingerprint density at radius 1 is 0.932 bits per heavy atom. The van der Waals surface area contributed by atoms with E-state index < -0.39 is 142 Å². The fourth-order valence-electron chi connectivity index (χ4n) is 9.70. The topological polar surface area (TPSA) is 215 Å². The highest BCUT2D eigenvalue weighted by Gasteiger charge is 2.78. The Morgan fingerprint density at radius 2 is 1.56 bits per heavy atom. The zero-order chi connectivity index (χ0) is 47.0. The number of ketones is 1. The van der Waals surface area contributed by atoms with Crippen molar-refractivity contribution < 1.29 is 70.2 Å². The Morgan fingerprint density at radius 3 is 2.15 bits per heavy atom. The zero-order valence-electron chi connectivity index (χ0n) is 38.0. The maximum Gasteiger partial charge on any atom is 0.338 e. The lowest BCUT2D eigenvalue weighted by Gasteiger charge is -2.67. The van der Waals surface area contributed by atoms with Crippen molar-refractivity contribution in [2.24, 2.45) is 16.7 Å². The van der Waals surface area contributed by atoms with Gasteiger partial charge in [0.15, 0.2) is 17.5 Å². The van der Waals surface area contributed by atoms with Crippen LogP contribution in [-0.2, 0) is 33.3 Å². The summed E-state index contributed by atoms with van der Waals surface area (Å²) < 4.78 is 64.6. The van der Waals surface area contributed by atoms with Gasteiger partial charge in [-0.25, -0.2) is 9.59 Å². The first-order chi connectivity index (χ1) is 29.9. The molecule has 1 amide bonds. The summed E-state index contributed by atoms with van der Waals surface area (Å²) in [6, 6.07) is 9.57. The highest BCUT2D eigenvalue weighted by Crippen LogP contribution is 2.64. The van der Waals surface area contributed by atoms with Gasteiger partial charge in [0.2, 0.25) is 0 Å². The highest BCUT2D eigenvalue weighted by atomic mass is 16.6. The Hall–Kier alpha value is -5.25. The number of carbonyl (C=O) groups excluding carboxylic acids is 5. The maximum absolute atomic E-state index is 15.0. The van der Waals surface area contributed by atoms with Gasteiger partial charge in [-0.3, -0.25) is 14.4 Å². The molecular weight excluding hydrogens is 762 g/mol. The third-order valence-corrected chi connectivity index (χ3v) is 12.9. The first kappa shape index (κ1) is 35.7. The molecule has 0 radical (unpaired) electrons. The second-order valence-corrected chi connectivity index (χ2v) is 16.4. The Kier molecular flexibility index (Phi) is 9.32. The van der Waals surface area contributed by atoms with Crippen LogP contribution in [0, 0.1) is 16.7 Å². The van der Waals surface area contributed by atoms with Crippen LogP contribution in [0.3, 0.4) is 0 Å². The summed E-state index contributed by atoms with van der Waals surface area (Å²) in [7, 11) is 0. The molecule has 3 fully saturated rings. The molecule has 4 aliphatic rings. The van der Waals surface area contributed by atoms with Gasteiger partial charge in [0.1, 0.15) is 30.0 Å². The molecule has 2 saturated carbocycles. The van der Waals surface area contributed by atoms with Gasteiger partial charge in [-0.05, 0) is 54.8 Å². The standard InChI is InChI=1S/C45H49NO13/c1-24-29(57-41(54)35(50)33(26-15-9-6-10-16-26)46-39(52)27-17-11-7-12-18-27)22-45(55)38(58-40(53)28-19-13-8-14-20-28)36-43(5,37(51)34(49)32(24)42(45,3)4)30(48)21-31-44(36,23-56-31)59-25(2)47/h6-20,29-31,33-36,38,48-50,55H,21-23H2,1-5H3,(H,46,52)/t29-,30+,31?,33-,34-,35+,36?,38-,43-,44?,45+/m1/s1/i7D,11D,12D,17D,18D. The lowest BCUT2D eigenvalue weighted by molar-refractivity contribution is -0.346. The molecule has 3 aliphatic carbocycles. The Balaban J connectivity index is 1.34. The number of carbonyl (C=O) groups is 5. The molecule has 7 rings (SSSR count). The van der Waals surface area contributed by atoms with Crippen molar-refractivity contribution >= 4 is 29.6 Å². The van der Waals surface area contributed by atoms with Gasteiger partial charge < -0.3 is 44.7 Å². The number of aliphatic hydroxyl groups is 4. The van der Waals surface area contributed by atoms with Crippen molar-refractivity contribution in [3.05, 3.63) is 119 Å². The molecule has 1 saturated heterocycles. The quantitative estimate of drug-likeness (QED) is 0.119. The van der Waals surface area contributed by atoms with Crippen LogP contribution in [0.15, 0.2) is 102 Å². The number of Topliss-reactive ketones (excluding diaryl/α,β-unsaturated/α-hetero) is 1. The number of ether oxygens (including phenoxy) is 4. The van der Waals surface area contributed by atoms with E-state index in [2.05, 4.69) is 5.32 Å². The minimum atomic E-state index is -2.45. The highest BCUT2D eigenvalue weighted by molar-refractivity contribution is 5.95. The Bertz CT molecular complexity index is 2420. The van der Waals surface area contributed by atoms with Gasteiger partial charge >= 0.3 is 17.9 Å². The first-order valence-electron chi connectivity index (χ1n) is 21.7. The van der Waals surface area contributed by atoms with Crippen LogP contribution < -0.4 is 5.32 Å². The van der Waals surface area contributed by atoms with Gasteiger partial charge in [0.25, 0.3) is 5.91 Å². The number of amides is 1. The number of hydrogen-bond donors (Lipinski definition) is 5. The number of fused-ring (bicyclic) bond motifs is 5. The first-order valence-corrected chi connectivity index (χ1v) is 19.2. The SMILES string of the molecule is [2H]c1c([2H])c([2H])c(C(=O)N[C@H](c2ccccc2)[C@H](O)C(=O)O[C@@H]2C[C@]3(O)[C@H](OC(=O)c4ccccc4)C4C5(OC(C)=O)COC5C[C@H](O)[C@@]4(C)C(=O)[C@H](O)C(=C2C)C3(C)C)c([2H])c1[2H]. The number of hydrogen-bond acceptors (Lipinski definition) is 13. The fourth-order valence-corrected chi connectivity index (χ4v) is 9.70. The monoisotopic (exact) mass is 816 g/mol. The lowest BCUT2D eigenvalue weighted by atomic mass is 9.44. The molecule has 14 heteroatoms. The summed E-state index contributed by atoms with van der Waals surface area (Å²) in [6.45, 7) is 6.55. The molecule has 5 N–H and O–H groups in total. The van der Waals surface area contributed by atoms with Gasteiger partial charge in [0, 0.05) is 30.7 Å². The average Bonchev–Trinajstić information content (AvgIpc) is 3.25. The summed E-state index contributed by atoms with van der Waals surface area (Å²) in [4.78, 5) is 70.1. The van der Waals surface area contributed by atoms with E-state index in [0.717, 1.165) is 6.92 Å². The molecule has 59 heavy (non-hydrogen) atoms. The molecule has 3 aromatic rings. The largest absolute Gasteiger partial charge is 0.456 e. The molecular formula is C45H49NO13. The number of aliphatic hydroxyl groups excluding tert-OH is 3. The molecule has 3 unspecified atom stereocenters. The maximum atomic E-state index is 15.0. The third kappa shape index (κ3) is 6.76. The summed E-state index contributed by atoms with van der Waals surface area (Å²) in [5.41, 5.74) is -8.71. The molecule has 11 atom stereocenters. The fraction of sp³-hybridized carbons (Fsp3) is 0.444. The van der Waals surface area contributed by atoms with Crippen molar-refractivity contribution in [1.29, 1.82) is 0 Å². The van der Waals surface area contributed by atoms with E-state index in [9.17, 15) is 39.6 Å². The van der Waals surface area contributed by atoms with Crippen LogP contribution in [0.25, 0.3) is 0 Å². The molecule has 0 aromatic heterocycles. The van der Waals surface area contributed by atoms with Gasteiger partial charge in [-0.15, -0.1) is 0 Å². The molecule has 2 bridgehead atoms. The van der Waals surface area contributed by atoms with E-state index in [0.29, 0.717) is 0 Å². The van der Waals surface area contributed by atoms with Gasteiger partial charge in [-0.1, -0.05) is 80.5 Å². The molecule has 1 aliphatic heterocycles. The molecule has 3 aromatic carbocycles. The number of esters is 3. The van der Waals surface area contributed by atoms with E-state index in [1.165, 1.54) is 64.1 Å². The predicted molar refractivity (Wildman–Crippen MR) is 208 cm³/mol. The van der Waals surface area contributed by atoms with Crippen LogP contribution in [0.5, 0.6) is 0 Å². The van der Waals surface area contributed by atoms with Crippen LogP contribution in [0.1, 0.15) is 86.6 Å². The van der Waals surface area contributed by atoms with E-state index in [-0.39, 0.29) is 35.3 Å². The summed E-state index contributed by atoms with van der Waals surface area (Å²) in [5.74, 6) is -6.98. The minimum absolute atomic E-state index is 0.0322. The van der Waals surface area contributed by atoms with Crippen LogP contribution in [-0.4, -0.2) is 104 Å². The predicted octanol–water partition coefficient (Wildman–Crippen LogP) is 3.16. The average molecular weight is 817 g/mol. The minimum Gasteiger partial charge on any atom is -0.456 e. The van der Waals surface area contributed by atoms with Crippen molar-refractivity contribution in [3.8, 4) is 0 Å². The summed E-state index contributed by atoms with van der Waals surface area (Å²) >= 11 is 0. The van der Waals surface area contributed by atoms with E-state index in [1.807, 2.05) is 0 Å². The second kappa shape index (κ2) is 15.4. The summed E-state index contributed by atoms with van der Waals surface area (Å²) in [5, 5.41) is 51.8. The lowest BCUT2D eigenvalue weighted by Crippen LogP contribution is -2.81. The Labute approximate surface area is 348 Å². The van der Waals surface area contributed by atoms with Crippen molar-refractivity contribution in [3.63, 3.8) is 0 Å². The van der Waals surface area contributed by atoms with Crippen LogP contribution in [0.2, 0.25) is 0 Å². The van der Waals surface area contributed by atoms with Gasteiger partial charge in [0.05, 0.1) is 42.5 Å². The normalized spacial score (nSPS) is 34.2. The zero-order valence-corrected chi connectivity index (χ0v) is 33.0. The molecule has 0 spiro atoms. The molecule has 14 nitrogen and oxygen atoms in total. The van der Waals surface area contributed by atoms with Crippen molar-refractivity contribution in [2.75, 3.05) is 6.61 Å². The molecule has 312 valence electrons. The third-order valence-electron chi connectivity index (χ3n) is 12.9. The number of rotatable bonds is 9. The number of nitrogens with one attached hydrogen (secondary N) is 1. The van der Waals surface area contributed by atoms with Crippen LogP contribution in [0.4, 0.5) is 0 Å². The van der Waals surface area contributed by atoms with E-state index in [1.54, 1.807) is 24.3 Å². The van der Waals surface area contributed by atoms with E-state index in [4.69, 9.17) is 25.8 Å².